The van der Waals surface area contributed by atoms with E-state index in [1.165, 1.54) is 37.7 Å². The molecule has 0 bridgehead atoms. The van der Waals surface area contributed by atoms with Crippen LogP contribution in [0, 0.1) is 0 Å². The minimum Gasteiger partial charge on any atom is -0.497 e. The van der Waals surface area contributed by atoms with Crippen molar-refractivity contribution in [3.63, 3.8) is 0 Å². The molecule has 0 radical (unpaired) electrons. The molecule has 2 unspecified atom stereocenters. The number of carbonyl (C=O) groups is 1. The number of piperidine rings is 1. The number of amides is 2. The van der Waals surface area contributed by atoms with Gasteiger partial charge in [-0.25, -0.2) is 4.79 Å². The number of benzene rings is 1. The van der Waals surface area contributed by atoms with Crippen molar-refractivity contribution >= 4 is 6.03 Å². The number of likely N-dealkylation sites (tertiary alicyclic amines) is 2. The minimum atomic E-state index is -0.0674. The summed E-state index contributed by atoms with van der Waals surface area (Å²) in [5, 5.41) is 6.23. The molecule has 2 aliphatic heterocycles. The van der Waals surface area contributed by atoms with Crippen LogP contribution >= 0.6 is 0 Å². The number of urea groups is 1. The zero-order chi connectivity index (χ0) is 19.8. The molecule has 0 spiro atoms. The van der Waals surface area contributed by atoms with Crippen molar-refractivity contribution < 1.29 is 9.53 Å². The summed E-state index contributed by atoms with van der Waals surface area (Å²) in [6.45, 7) is 8.13. The third-order valence-corrected chi connectivity index (χ3v) is 5.90. The highest BCUT2D eigenvalue weighted by Gasteiger charge is 2.24. The first kappa shape index (κ1) is 20.9. The van der Waals surface area contributed by atoms with Crippen LogP contribution in [0.3, 0.4) is 0 Å². The van der Waals surface area contributed by atoms with E-state index in [1.807, 2.05) is 12.1 Å². The van der Waals surface area contributed by atoms with E-state index in [4.69, 9.17) is 4.74 Å². The third kappa shape index (κ3) is 6.11. The smallest absolute Gasteiger partial charge is 0.315 e. The molecule has 0 saturated carbocycles. The van der Waals surface area contributed by atoms with Gasteiger partial charge in [-0.05, 0) is 76.5 Å². The monoisotopic (exact) mass is 388 g/mol. The third-order valence-electron chi connectivity index (χ3n) is 5.90. The molecule has 156 valence electrons. The topological polar surface area (TPSA) is 56.8 Å². The molecule has 0 aromatic heterocycles. The summed E-state index contributed by atoms with van der Waals surface area (Å²) in [6.07, 6.45) is 6.34. The summed E-state index contributed by atoms with van der Waals surface area (Å²) in [4.78, 5) is 17.4. The molecule has 2 amide bonds. The second-order valence-corrected chi connectivity index (χ2v) is 8.15. The van der Waals surface area contributed by atoms with E-state index < -0.39 is 0 Å². The Morgan fingerprint density at radius 2 is 1.68 bits per heavy atom. The van der Waals surface area contributed by atoms with Crippen LogP contribution in [0.25, 0.3) is 0 Å². The van der Waals surface area contributed by atoms with Crippen LogP contribution in [-0.2, 0) is 0 Å². The molecule has 2 fully saturated rings. The van der Waals surface area contributed by atoms with E-state index in [1.54, 1.807) is 7.11 Å². The molecule has 2 atom stereocenters. The molecule has 1 aromatic rings. The first-order valence-corrected chi connectivity index (χ1v) is 10.8. The molecule has 2 saturated heterocycles. The van der Waals surface area contributed by atoms with Gasteiger partial charge in [0.2, 0.25) is 0 Å². The first-order valence-electron chi connectivity index (χ1n) is 10.8. The van der Waals surface area contributed by atoms with Gasteiger partial charge < -0.3 is 20.3 Å². The highest BCUT2D eigenvalue weighted by molar-refractivity contribution is 5.74. The van der Waals surface area contributed by atoms with E-state index in [0.717, 1.165) is 38.5 Å². The molecule has 2 heterocycles. The lowest BCUT2D eigenvalue weighted by atomic mass is 10.1. The Labute approximate surface area is 169 Å². The highest BCUT2D eigenvalue weighted by Crippen LogP contribution is 2.26. The fourth-order valence-corrected chi connectivity index (χ4v) is 4.38. The maximum absolute atomic E-state index is 12.5. The van der Waals surface area contributed by atoms with Crippen molar-refractivity contribution in [1.82, 2.24) is 20.4 Å². The Kier molecular flexibility index (Phi) is 7.98. The van der Waals surface area contributed by atoms with Gasteiger partial charge in [0, 0.05) is 19.1 Å². The second kappa shape index (κ2) is 10.7. The van der Waals surface area contributed by atoms with Crippen LogP contribution in [0.2, 0.25) is 0 Å². The molecule has 1 aromatic carbocycles. The van der Waals surface area contributed by atoms with Gasteiger partial charge in [-0.2, -0.15) is 0 Å². The van der Waals surface area contributed by atoms with E-state index in [9.17, 15) is 4.79 Å². The summed E-state index contributed by atoms with van der Waals surface area (Å²) in [7, 11) is 1.68. The molecule has 3 rings (SSSR count). The largest absolute Gasteiger partial charge is 0.497 e. The van der Waals surface area contributed by atoms with Crippen molar-refractivity contribution in [3.05, 3.63) is 29.8 Å². The van der Waals surface area contributed by atoms with Gasteiger partial charge >= 0.3 is 6.03 Å². The van der Waals surface area contributed by atoms with Gasteiger partial charge in [-0.1, -0.05) is 18.6 Å². The summed E-state index contributed by atoms with van der Waals surface area (Å²) < 4.78 is 5.28. The summed E-state index contributed by atoms with van der Waals surface area (Å²) in [5.74, 6) is 0.862. The van der Waals surface area contributed by atoms with Gasteiger partial charge in [0.05, 0.1) is 13.2 Å². The first-order chi connectivity index (χ1) is 13.7. The van der Waals surface area contributed by atoms with Gasteiger partial charge in [-0.15, -0.1) is 0 Å². The van der Waals surface area contributed by atoms with Gasteiger partial charge in [0.1, 0.15) is 5.75 Å². The van der Waals surface area contributed by atoms with Crippen molar-refractivity contribution in [2.75, 3.05) is 46.4 Å². The number of hydrogen-bond acceptors (Lipinski definition) is 4. The fraction of sp³-hybridized carbons (Fsp3) is 0.682. The standard InChI is InChI=1S/C22H36N4O2/c1-18(17-25-12-4-3-5-13-25)24-22(27)23-16-21(26-14-6-7-15-26)19-8-10-20(28-2)11-9-19/h8-11,18,21H,3-7,12-17H2,1-2H3,(H2,23,24,27). The molecular formula is C22H36N4O2. The minimum absolute atomic E-state index is 0.0674. The molecular weight excluding hydrogens is 352 g/mol. The van der Waals surface area contributed by atoms with E-state index >= 15 is 0 Å². The Bertz CT molecular complexity index is 595. The number of carbonyl (C=O) groups excluding carboxylic acids is 1. The Morgan fingerprint density at radius 3 is 2.32 bits per heavy atom. The molecule has 6 nitrogen and oxygen atoms in total. The van der Waals surface area contributed by atoms with Crippen LogP contribution in [0.1, 0.15) is 50.6 Å². The van der Waals surface area contributed by atoms with Crippen molar-refractivity contribution in [2.45, 2.75) is 51.1 Å². The SMILES string of the molecule is COc1ccc(C(CNC(=O)NC(C)CN2CCCCC2)N2CCCC2)cc1. The number of nitrogens with zero attached hydrogens (tertiary/aromatic N) is 2. The van der Waals surface area contributed by atoms with E-state index in [-0.39, 0.29) is 18.1 Å². The summed E-state index contributed by atoms with van der Waals surface area (Å²) >= 11 is 0. The van der Waals surface area contributed by atoms with E-state index in [0.29, 0.717) is 6.54 Å². The number of nitrogens with one attached hydrogen (secondary N) is 2. The van der Waals surface area contributed by atoms with Crippen LogP contribution in [-0.4, -0.2) is 68.3 Å². The molecule has 28 heavy (non-hydrogen) atoms. The van der Waals surface area contributed by atoms with Crippen LogP contribution in [0.4, 0.5) is 4.79 Å². The van der Waals surface area contributed by atoms with Crippen molar-refractivity contribution in [3.8, 4) is 5.75 Å². The lowest BCUT2D eigenvalue weighted by molar-refractivity contribution is 0.199. The average molecular weight is 389 g/mol. The number of methoxy groups -OCH3 is 1. The number of ether oxygens (including phenoxy) is 1. The number of rotatable bonds is 8. The van der Waals surface area contributed by atoms with Gasteiger partial charge in [0.25, 0.3) is 0 Å². The Balaban J connectivity index is 1.51. The zero-order valence-corrected chi connectivity index (χ0v) is 17.5. The lowest BCUT2D eigenvalue weighted by Crippen LogP contribution is -2.48. The zero-order valence-electron chi connectivity index (χ0n) is 17.5. The molecule has 2 N–H and O–H groups in total. The molecule has 2 aliphatic rings. The average Bonchev–Trinajstić information content (AvgIpc) is 3.24. The Hall–Kier alpha value is -1.79. The normalized spacial score (nSPS) is 20.5. The van der Waals surface area contributed by atoms with Gasteiger partial charge in [0.15, 0.2) is 0 Å². The van der Waals surface area contributed by atoms with E-state index in [2.05, 4.69) is 39.5 Å². The maximum Gasteiger partial charge on any atom is 0.315 e. The van der Waals surface area contributed by atoms with Crippen LogP contribution in [0.5, 0.6) is 5.75 Å². The quantitative estimate of drug-likeness (QED) is 0.719. The predicted molar refractivity (Wildman–Crippen MR) is 113 cm³/mol. The second-order valence-electron chi connectivity index (χ2n) is 8.15. The molecule has 6 heteroatoms. The fourth-order valence-electron chi connectivity index (χ4n) is 4.38. The van der Waals surface area contributed by atoms with Crippen molar-refractivity contribution in [2.24, 2.45) is 0 Å². The van der Waals surface area contributed by atoms with Gasteiger partial charge in [-0.3, -0.25) is 4.90 Å². The number of hydrogen-bond donors (Lipinski definition) is 2. The maximum atomic E-state index is 12.5. The van der Waals surface area contributed by atoms with Crippen molar-refractivity contribution in [1.29, 1.82) is 0 Å². The lowest BCUT2D eigenvalue weighted by Gasteiger charge is -2.30. The highest BCUT2D eigenvalue weighted by atomic mass is 16.5. The summed E-state index contributed by atoms with van der Waals surface area (Å²) in [5.41, 5.74) is 1.23. The predicted octanol–water partition coefficient (Wildman–Crippen LogP) is 3.01. The Morgan fingerprint density at radius 1 is 1.04 bits per heavy atom. The van der Waals surface area contributed by atoms with Crippen LogP contribution < -0.4 is 15.4 Å². The molecule has 0 aliphatic carbocycles. The van der Waals surface area contributed by atoms with Crippen LogP contribution in [0.15, 0.2) is 24.3 Å². The summed E-state index contributed by atoms with van der Waals surface area (Å²) in [6, 6.07) is 8.52.